The summed E-state index contributed by atoms with van der Waals surface area (Å²) in [6, 6.07) is 9.40. The largest absolute Gasteiger partial charge is 0.364 e. The van der Waals surface area contributed by atoms with Crippen molar-refractivity contribution in [1.82, 2.24) is 10.6 Å². The maximum Gasteiger partial charge on any atom is 0.191 e. The van der Waals surface area contributed by atoms with Crippen molar-refractivity contribution in [3.63, 3.8) is 0 Å². The van der Waals surface area contributed by atoms with E-state index in [1.807, 2.05) is 7.05 Å². The van der Waals surface area contributed by atoms with Crippen LogP contribution < -0.4 is 15.5 Å². The maximum atomic E-state index is 4.42. The zero-order valence-corrected chi connectivity index (χ0v) is 19.6. The van der Waals surface area contributed by atoms with E-state index >= 15 is 0 Å². The van der Waals surface area contributed by atoms with E-state index in [0.29, 0.717) is 6.04 Å². The van der Waals surface area contributed by atoms with E-state index in [9.17, 15) is 0 Å². The average Bonchev–Trinajstić information content (AvgIpc) is 3.21. The monoisotopic (exact) mass is 500 g/mol. The molecule has 1 aromatic rings. The summed E-state index contributed by atoms with van der Waals surface area (Å²) in [7, 11) is 1.86. The van der Waals surface area contributed by atoms with Crippen LogP contribution >= 0.6 is 35.7 Å². The summed E-state index contributed by atoms with van der Waals surface area (Å²) in [5.74, 6) is 2.14. The minimum Gasteiger partial charge on any atom is -0.364 e. The summed E-state index contributed by atoms with van der Waals surface area (Å²) in [6.45, 7) is 5.10. The van der Waals surface area contributed by atoms with Gasteiger partial charge in [-0.3, -0.25) is 4.99 Å². The third-order valence-electron chi connectivity index (χ3n) is 5.17. The van der Waals surface area contributed by atoms with Gasteiger partial charge in [-0.1, -0.05) is 37.6 Å². The molecule has 1 fully saturated rings. The van der Waals surface area contributed by atoms with Crippen molar-refractivity contribution in [1.29, 1.82) is 0 Å². The first-order chi connectivity index (χ1) is 12.8. The number of benzene rings is 1. The van der Waals surface area contributed by atoms with Crippen molar-refractivity contribution in [2.24, 2.45) is 4.99 Å². The van der Waals surface area contributed by atoms with Gasteiger partial charge in [0.1, 0.15) is 0 Å². The third-order valence-corrected chi connectivity index (χ3v) is 6.41. The van der Waals surface area contributed by atoms with E-state index in [1.165, 1.54) is 42.7 Å². The third kappa shape index (κ3) is 6.89. The minimum absolute atomic E-state index is 0. The van der Waals surface area contributed by atoms with Crippen LogP contribution in [0.4, 0.5) is 5.69 Å². The second-order valence-electron chi connectivity index (χ2n) is 7.05. The molecule has 3 rings (SSSR count). The SMILES string of the molecule is CCSC1CCCC(NC(=NC)NCc2ccc(N3CC=CC3)cc2)C1.I. The Morgan fingerprint density at radius 2 is 1.93 bits per heavy atom. The fourth-order valence-corrected chi connectivity index (χ4v) is 4.92. The lowest BCUT2D eigenvalue weighted by Gasteiger charge is -2.30. The number of hydrogen-bond acceptors (Lipinski definition) is 3. The second kappa shape index (κ2) is 11.8. The van der Waals surface area contributed by atoms with Crippen LogP contribution in [-0.4, -0.2) is 43.1 Å². The van der Waals surface area contributed by atoms with Crippen LogP contribution in [0.2, 0.25) is 0 Å². The molecular formula is C21H33IN4S. The molecule has 2 N–H and O–H groups in total. The van der Waals surface area contributed by atoms with Gasteiger partial charge in [-0.15, -0.1) is 24.0 Å². The number of rotatable bonds is 6. The summed E-state index contributed by atoms with van der Waals surface area (Å²) in [5, 5.41) is 7.91. The lowest BCUT2D eigenvalue weighted by atomic mass is 9.95. The Kier molecular flexibility index (Phi) is 9.82. The second-order valence-corrected chi connectivity index (χ2v) is 8.63. The number of nitrogens with one attached hydrogen (secondary N) is 2. The normalized spacial score (nSPS) is 22.4. The van der Waals surface area contributed by atoms with Crippen LogP contribution in [0.15, 0.2) is 41.4 Å². The average molecular weight is 500 g/mol. The smallest absolute Gasteiger partial charge is 0.191 e. The molecule has 0 aromatic heterocycles. The van der Waals surface area contributed by atoms with Crippen molar-refractivity contribution in [3.8, 4) is 0 Å². The van der Waals surface area contributed by atoms with E-state index in [4.69, 9.17) is 0 Å². The zero-order valence-electron chi connectivity index (χ0n) is 16.5. The fourth-order valence-electron chi connectivity index (χ4n) is 3.75. The van der Waals surface area contributed by atoms with Crippen LogP contribution in [-0.2, 0) is 6.54 Å². The number of thioether (sulfide) groups is 1. The van der Waals surface area contributed by atoms with Gasteiger partial charge in [0, 0.05) is 43.7 Å². The molecular weight excluding hydrogens is 467 g/mol. The number of aliphatic imine (C=N–C) groups is 1. The predicted octanol–water partition coefficient (Wildman–Crippen LogP) is 4.41. The maximum absolute atomic E-state index is 4.42. The summed E-state index contributed by atoms with van der Waals surface area (Å²) >= 11 is 2.10. The molecule has 2 aliphatic rings. The first kappa shape index (κ1) is 22.4. The number of nitrogens with zero attached hydrogens (tertiary/aromatic N) is 2. The van der Waals surface area contributed by atoms with Gasteiger partial charge in [-0.2, -0.15) is 11.8 Å². The molecule has 0 amide bonds. The Bertz CT molecular complexity index is 607. The highest BCUT2D eigenvalue weighted by Crippen LogP contribution is 2.28. The Morgan fingerprint density at radius 1 is 1.19 bits per heavy atom. The quantitative estimate of drug-likeness (QED) is 0.263. The molecule has 0 saturated heterocycles. The molecule has 0 bridgehead atoms. The molecule has 1 aromatic carbocycles. The zero-order chi connectivity index (χ0) is 18.2. The molecule has 0 spiro atoms. The molecule has 27 heavy (non-hydrogen) atoms. The van der Waals surface area contributed by atoms with E-state index in [0.717, 1.165) is 30.8 Å². The van der Waals surface area contributed by atoms with E-state index in [-0.39, 0.29) is 24.0 Å². The number of anilines is 1. The lowest BCUT2D eigenvalue weighted by Crippen LogP contribution is -2.45. The predicted molar refractivity (Wildman–Crippen MR) is 131 cm³/mol. The summed E-state index contributed by atoms with van der Waals surface area (Å²) in [4.78, 5) is 6.79. The van der Waals surface area contributed by atoms with Crippen molar-refractivity contribution in [2.75, 3.05) is 30.8 Å². The summed E-state index contributed by atoms with van der Waals surface area (Å²) in [6.07, 6.45) is 9.62. The molecule has 0 radical (unpaired) electrons. The lowest BCUT2D eigenvalue weighted by molar-refractivity contribution is 0.419. The Balaban J connectivity index is 0.00000261. The van der Waals surface area contributed by atoms with E-state index in [1.54, 1.807) is 0 Å². The Hall–Kier alpha value is -0.890. The minimum atomic E-state index is 0. The van der Waals surface area contributed by atoms with Crippen molar-refractivity contribution >= 4 is 47.4 Å². The molecule has 2 unspecified atom stereocenters. The van der Waals surface area contributed by atoms with Gasteiger partial charge in [0.25, 0.3) is 0 Å². The summed E-state index contributed by atoms with van der Waals surface area (Å²) in [5.41, 5.74) is 2.58. The Morgan fingerprint density at radius 3 is 2.59 bits per heavy atom. The molecule has 1 heterocycles. The Labute approximate surface area is 185 Å². The topological polar surface area (TPSA) is 39.7 Å². The molecule has 6 heteroatoms. The van der Waals surface area contributed by atoms with E-state index < -0.39 is 0 Å². The number of guanidine groups is 1. The molecule has 4 nitrogen and oxygen atoms in total. The van der Waals surface area contributed by atoms with Gasteiger partial charge in [0.15, 0.2) is 5.96 Å². The van der Waals surface area contributed by atoms with Gasteiger partial charge in [0.2, 0.25) is 0 Å². The summed E-state index contributed by atoms with van der Waals surface area (Å²) < 4.78 is 0. The highest BCUT2D eigenvalue weighted by atomic mass is 127. The van der Waals surface area contributed by atoms with Crippen LogP contribution in [0.5, 0.6) is 0 Å². The van der Waals surface area contributed by atoms with Gasteiger partial charge in [0.05, 0.1) is 0 Å². The first-order valence-corrected chi connectivity index (χ1v) is 10.9. The molecule has 150 valence electrons. The highest BCUT2D eigenvalue weighted by molar-refractivity contribution is 14.0. The molecule has 2 atom stereocenters. The van der Waals surface area contributed by atoms with Gasteiger partial charge in [-0.25, -0.2) is 0 Å². The first-order valence-electron chi connectivity index (χ1n) is 9.86. The van der Waals surface area contributed by atoms with Crippen molar-refractivity contribution < 1.29 is 0 Å². The fraction of sp³-hybridized carbons (Fsp3) is 0.571. The van der Waals surface area contributed by atoms with Gasteiger partial charge >= 0.3 is 0 Å². The van der Waals surface area contributed by atoms with Crippen LogP contribution in [0, 0.1) is 0 Å². The van der Waals surface area contributed by atoms with E-state index in [2.05, 4.69) is 75.6 Å². The standard InChI is InChI=1S/C21H32N4S.HI/c1-3-26-20-8-6-7-18(15-20)24-21(22-2)23-16-17-9-11-19(12-10-17)25-13-4-5-14-25;/h4-5,9-12,18,20H,3,6-8,13-16H2,1-2H3,(H2,22,23,24);1H. The van der Waals surface area contributed by atoms with Crippen LogP contribution in [0.3, 0.4) is 0 Å². The molecule has 1 aliphatic carbocycles. The van der Waals surface area contributed by atoms with Crippen LogP contribution in [0.25, 0.3) is 0 Å². The van der Waals surface area contributed by atoms with Crippen molar-refractivity contribution in [2.45, 2.75) is 50.4 Å². The van der Waals surface area contributed by atoms with Gasteiger partial charge < -0.3 is 15.5 Å². The molecule has 1 aliphatic heterocycles. The van der Waals surface area contributed by atoms with Crippen molar-refractivity contribution in [3.05, 3.63) is 42.0 Å². The molecule has 1 saturated carbocycles. The van der Waals surface area contributed by atoms with Crippen LogP contribution in [0.1, 0.15) is 38.2 Å². The van der Waals surface area contributed by atoms with Gasteiger partial charge in [-0.05, 0) is 42.7 Å². The number of hydrogen-bond donors (Lipinski definition) is 2. The highest BCUT2D eigenvalue weighted by Gasteiger charge is 2.22. The number of halogens is 1.